The maximum Gasteiger partial charge on any atom is 0.214 e. The molecule has 32 heavy (non-hydrogen) atoms. The Morgan fingerprint density at radius 1 is 1.19 bits per heavy atom. The highest BCUT2D eigenvalue weighted by Gasteiger charge is 2.21. The van der Waals surface area contributed by atoms with Crippen molar-refractivity contribution in [3.8, 4) is 16.9 Å². The van der Waals surface area contributed by atoms with E-state index >= 15 is 0 Å². The number of aryl methyl sites for hydroxylation is 2. The molecule has 0 aliphatic carbocycles. The predicted molar refractivity (Wildman–Crippen MR) is 116 cm³/mol. The fraction of sp³-hybridized carbons (Fsp3) is 0.227. The first-order chi connectivity index (χ1) is 15.4. The lowest BCUT2D eigenvalue weighted by molar-refractivity contribution is -0.117. The van der Waals surface area contributed by atoms with Gasteiger partial charge >= 0.3 is 0 Å². The molecule has 0 aliphatic rings. The lowest BCUT2D eigenvalue weighted by atomic mass is 10.1. The number of fused-ring (bicyclic) bond motifs is 1. The Morgan fingerprint density at radius 2 is 2.00 bits per heavy atom. The van der Waals surface area contributed by atoms with Gasteiger partial charge in [0.25, 0.3) is 0 Å². The number of carbonyl (C=O) groups is 1. The minimum absolute atomic E-state index is 0.0852. The Kier molecular flexibility index (Phi) is 5.67. The van der Waals surface area contributed by atoms with Crippen LogP contribution in [0.25, 0.3) is 22.9 Å². The molecule has 1 unspecified atom stereocenters. The Balaban J connectivity index is 1.68. The largest absolute Gasteiger partial charge is 0.495 e. The molecule has 0 bridgehead atoms. The van der Waals surface area contributed by atoms with Crippen molar-refractivity contribution in [1.29, 1.82) is 0 Å². The first-order valence-electron chi connectivity index (χ1n) is 9.86. The summed E-state index contributed by atoms with van der Waals surface area (Å²) in [5, 5.41) is 12.3. The number of nitrogens with zero attached hydrogens (tertiary/aromatic N) is 7. The van der Waals surface area contributed by atoms with Gasteiger partial charge in [0.05, 0.1) is 31.2 Å². The van der Waals surface area contributed by atoms with Crippen molar-refractivity contribution in [1.82, 2.24) is 34.3 Å². The van der Waals surface area contributed by atoms with Gasteiger partial charge in [-0.1, -0.05) is 0 Å². The molecule has 10 heteroatoms. The monoisotopic (exact) mass is 435 g/mol. The maximum atomic E-state index is 14.7. The summed E-state index contributed by atoms with van der Waals surface area (Å²) < 4.78 is 23.1. The molecule has 0 fully saturated rings. The minimum Gasteiger partial charge on any atom is -0.495 e. The summed E-state index contributed by atoms with van der Waals surface area (Å²) in [5.74, 6) is 0.561. The molecule has 4 aromatic heterocycles. The summed E-state index contributed by atoms with van der Waals surface area (Å²) >= 11 is 0. The number of methoxy groups -OCH3 is 1. The molecule has 0 radical (unpaired) electrons. The Morgan fingerprint density at radius 3 is 2.66 bits per heavy atom. The van der Waals surface area contributed by atoms with E-state index in [1.165, 1.54) is 11.0 Å². The zero-order chi connectivity index (χ0) is 22.8. The highest BCUT2D eigenvalue weighted by Crippen LogP contribution is 2.25. The number of aromatic nitrogens is 6. The number of rotatable bonds is 7. The summed E-state index contributed by atoms with van der Waals surface area (Å²) in [6.07, 6.45) is 10.8. The molecule has 0 spiro atoms. The van der Waals surface area contributed by atoms with Gasteiger partial charge in [0.15, 0.2) is 17.3 Å². The molecule has 4 heterocycles. The van der Waals surface area contributed by atoms with E-state index < -0.39 is 11.9 Å². The molecular formula is C22H22FN7O2. The summed E-state index contributed by atoms with van der Waals surface area (Å²) in [6.45, 7) is 3.69. The van der Waals surface area contributed by atoms with Crippen LogP contribution >= 0.6 is 0 Å². The molecule has 0 aliphatic heterocycles. The lowest BCUT2D eigenvalue weighted by Gasteiger charge is -2.20. The highest BCUT2D eigenvalue weighted by atomic mass is 19.1. The standard InChI is InChI=1S/C22H22FN7O2/c1-14-7-18(32-4)10-24-20(14)5-6-29(13-31)15(2)21-26-27-22-19(23)8-16(12-30(21)22)17-9-25-28(3)11-17/h5-13,15H,1-4H3/b6-5-. The number of ether oxygens (including phenoxy) is 1. The van der Waals surface area contributed by atoms with Crippen LogP contribution in [0.15, 0.2) is 43.1 Å². The topological polar surface area (TPSA) is 90.4 Å². The third-order valence-electron chi connectivity index (χ3n) is 5.20. The predicted octanol–water partition coefficient (Wildman–Crippen LogP) is 3.17. The van der Waals surface area contributed by atoms with Crippen molar-refractivity contribution in [2.45, 2.75) is 19.9 Å². The number of halogens is 1. The second kappa shape index (κ2) is 8.58. The molecule has 9 nitrogen and oxygen atoms in total. The van der Waals surface area contributed by atoms with Crippen molar-refractivity contribution in [3.63, 3.8) is 0 Å². The van der Waals surface area contributed by atoms with E-state index in [0.717, 1.165) is 11.1 Å². The van der Waals surface area contributed by atoms with Crippen LogP contribution in [0.1, 0.15) is 30.0 Å². The van der Waals surface area contributed by atoms with Crippen LogP contribution in [0.4, 0.5) is 4.39 Å². The van der Waals surface area contributed by atoms with Gasteiger partial charge in [-0.15, -0.1) is 10.2 Å². The molecule has 0 saturated carbocycles. The Bertz CT molecular complexity index is 1310. The second-order valence-electron chi connectivity index (χ2n) is 7.35. The van der Waals surface area contributed by atoms with Gasteiger partial charge in [-0.25, -0.2) is 4.39 Å². The fourth-order valence-electron chi connectivity index (χ4n) is 3.38. The van der Waals surface area contributed by atoms with E-state index in [4.69, 9.17) is 4.74 Å². The van der Waals surface area contributed by atoms with Gasteiger partial charge in [-0.05, 0) is 37.6 Å². The van der Waals surface area contributed by atoms with Gasteiger partial charge < -0.3 is 9.64 Å². The zero-order valence-corrected chi connectivity index (χ0v) is 18.1. The SMILES string of the molecule is COc1cnc(/C=C\N(C=O)C(C)c2nnc3c(F)cc(-c4cnn(C)c4)cn23)c(C)c1. The fourth-order valence-corrected chi connectivity index (χ4v) is 3.38. The maximum absolute atomic E-state index is 14.7. The third-order valence-corrected chi connectivity index (χ3v) is 5.20. The molecule has 4 rings (SSSR count). The number of hydrogen-bond acceptors (Lipinski definition) is 6. The summed E-state index contributed by atoms with van der Waals surface area (Å²) in [7, 11) is 3.37. The summed E-state index contributed by atoms with van der Waals surface area (Å²) in [4.78, 5) is 17.6. The van der Waals surface area contributed by atoms with Crippen LogP contribution in [-0.2, 0) is 11.8 Å². The first kappa shape index (κ1) is 21.2. The van der Waals surface area contributed by atoms with Crippen LogP contribution in [0.2, 0.25) is 0 Å². The van der Waals surface area contributed by atoms with Crippen molar-refractivity contribution in [3.05, 3.63) is 66.0 Å². The molecule has 0 saturated heterocycles. The van der Waals surface area contributed by atoms with Gasteiger partial charge in [0.2, 0.25) is 6.41 Å². The molecule has 164 valence electrons. The zero-order valence-electron chi connectivity index (χ0n) is 18.1. The van der Waals surface area contributed by atoms with Gasteiger partial charge in [-0.2, -0.15) is 5.10 Å². The third kappa shape index (κ3) is 3.94. The van der Waals surface area contributed by atoms with Crippen LogP contribution in [-0.4, -0.2) is 47.8 Å². The normalized spacial score (nSPS) is 12.4. The van der Waals surface area contributed by atoms with E-state index in [9.17, 15) is 9.18 Å². The molecule has 4 aromatic rings. The molecule has 1 atom stereocenters. The average Bonchev–Trinajstić information content (AvgIpc) is 3.41. The molecular weight excluding hydrogens is 413 g/mol. The van der Waals surface area contributed by atoms with E-state index in [1.807, 2.05) is 13.0 Å². The number of hydrogen-bond donors (Lipinski definition) is 0. The van der Waals surface area contributed by atoms with Crippen molar-refractivity contribution < 1.29 is 13.9 Å². The van der Waals surface area contributed by atoms with E-state index in [2.05, 4.69) is 20.3 Å². The number of carbonyl (C=O) groups excluding carboxylic acids is 1. The molecule has 0 aromatic carbocycles. The Labute approximate surface area is 183 Å². The minimum atomic E-state index is -0.513. The second-order valence-corrected chi connectivity index (χ2v) is 7.35. The van der Waals surface area contributed by atoms with E-state index in [1.54, 1.807) is 67.2 Å². The average molecular weight is 435 g/mol. The molecule has 0 N–H and O–H groups in total. The van der Waals surface area contributed by atoms with Gasteiger partial charge in [-0.3, -0.25) is 18.9 Å². The summed E-state index contributed by atoms with van der Waals surface area (Å²) in [6, 6.07) is 2.74. The smallest absolute Gasteiger partial charge is 0.214 e. The van der Waals surface area contributed by atoms with Crippen molar-refractivity contribution in [2.75, 3.05) is 7.11 Å². The van der Waals surface area contributed by atoms with Crippen molar-refractivity contribution >= 4 is 18.1 Å². The van der Waals surface area contributed by atoms with E-state index in [-0.39, 0.29) is 5.65 Å². The first-order valence-corrected chi connectivity index (χ1v) is 9.86. The highest BCUT2D eigenvalue weighted by molar-refractivity contribution is 5.64. The summed E-state index contributed by atoms with van der Waals surface area (Å²) in [5.41, 5.74) is 3.06. The Hall–Kier alpha value is -4.08. The van der Waals surface area contributed by atoms with Crippen LogP contribution in [0, 0.1) is 12.7 Å². The quantitative estimate of drug-likeness (QED) is 0.414. The lowest BCUT2D eigenvalue weighted by Crippen LogP contribution is -2.21. The van der Waals surface area contributed by atoms with Gasteiger partial charge in [0.1, 0.15) is 5.75 Å². The number of pyridine rings is 2. The van der Waals surface area contributed by atoms with Crippen LogP contribution in [0.5, 0.6) is 5.75 Å². The van der Waals surface area contributed by atoms with Crippen LogP contribution in [0.3, 0.4) is 0 Å². The molecule has 1 amide bonds. The van der Waals surface area contributed by atoms with Gasteiger partial charge in [0, 0.05) is 36.8 Å². The number of amides is 1. The van der Waals surface area contributed by atoms with Crippen LogP contribution < -0.4 is 4.74 Å². The van der Waals surface area contributed by atoms with E-state index in [0.29, 0.717) is 29.2 Å². The van der Waals surface area contributed by atoms with Crippen molar-refractivity contribution in [2.24, 2.45) is 7.05 Å².